The number of nitrogens with one attached hydrogen (secondary N) is 6. The monoisotopic (exact) mass is 721 g/mol. The van der Waals surface area contributed by atoms with Gasteiger partial charge in [-0.15, -0.1) is 13.2 Å². The molecule has 2 fully saturated rings. The largest absolute Gasteiger partial charge is 0.351 e. The second kappa shape index (κ2) is 17.4. The average molecular weight is 721 g/mol. The first-order valence-corrected chi connectivity index (χ1v) is 19.1. The molecule has 0 unspecified atom stereocenters. The molecule has 0 atom stereocenters. The van der Waals surface area contributed by atoms with Gasteiger partial charge in [0.1, 0.15) is 0 Å². The Hall–Kier alpha value is -3.78. The van der Waals surface area contributed by atoms with Crippen molar-refractivity contribution in [2.45, 2.75) is 141 Å². The number of unbranched alkanes of at least 4 members (excludes halogenated alkanes) is 3. The Labute approximate surface area is 313 Å². The second-order valence-corrected chi connectivity index (χ2v) is 17.4. The molecule has 6 N–H and O–H groups in total. The highest BCUT2D eigenvalue weighted by Gasteiger charge is 2.39. The molecule has 2 aromatic heterocycles. The summed E-state index contributed by atoms with van der Waals surface area (Å²) in [6.45, 7) is 28.5. The van der Waals surface area contributed by atoms with E-state index in [0.717, 1.165) is 64.5 Å². The third-order valence-corrected chi connectivity index (χ3v) is 9.52. The van der Waals surface area contributed by atoms with Crippen LogP contribution in [0.3, 0.4) is 0 Å². The molecular weight excluding hydrogens is 653 g/mol. The fourth-order valence-corrected chi connectivity index (χ4v) is 8.15. The Kier molecular flexibility index (Phi) is 13.7. The number of piperidine rings is 2. The van der Waals surface area contributed by atoms with E-state index in [4.69, 9.17) is 29.9 Å². The standard InChI is InChI=1S/C38H68N14/c1-13-19-39-29-43-31(41-27-23-35(3,4)49-36(5,6)24-27)47-33(45-29)51(11)21-17-15-16-18-22-52(12)34-46-30(40-20-14-2)44-32(48-34)42-28-25-37(7,8)50-38(9,10)26-28/h13-14,27-28,49-50H,1-2,15-26H2,3-12H3,(H2,39,41,43,45,47)(H2,40,42,44,46,48). The first kappa shape index (κ1) is 41.0. The summed E-state index contributed by atoms with van der Waals surface area (Å²) >= 11 is 0. The lowest BCUT2D eigenvalue weighted by atomic mass is 9.79. The van der Waals surface area contributed by atoms with Gasteiger partial charge in [-0.25, -0.2) is 0 Å². The third-order valence-electron chi connectivity index (χ3n) is 9.52. The van der Waals surface area contributed by atoms with Gasteiger partial charge in [0.25, 0.3) is 0 Å². The Morgan fingerprint density at radius 2 is 0.885 bits per heavy atom. The fourth-order valence-electron chi connectivity index (χ4n) is 8.15. The van der Waals surface area contributed by atoms with Gasteiger partial charge >= 0.3 is 0 Å². The zero-order valence-electron chi connectivity index (χ0n) is 33.8. The summed E-state index contributed by atoms with van der Waals surface area (Å²) in [5.74, 6) is 3.64. The number of hydrogen-bond donors (Lipinski definition) is 6. The van der Waals surface area contributed by atoms with Crippen LogP contribution in [0.2, 0.25) is 0 Å². The van der Waals surface area contributed by atoms with Crippen LogP contribution < -0.4 is 41.7 Å². The highest BCUT2D eigenvalue weighted by Crippen LogP contribution is 2.32. The predicted octanol–water partition coefficient (Wildman–Crippen LogP) is 5.83. The second-order valence-electron chi connectivity index (χ2n) is 17.4. The molecule has 0 amide bonds. The van der Waals surface area contributed by atoms with Gasteiger partial charge in [0, 0.05) is 74.5 Å². The molecule has 2 aliphatic heterocycles. The molecule has 0 aromatic carbocycles. The summed E-state index contributed by atoms with van der Waals surface area (Å²) in [5.41, 5.74) is 0.0705. The quantitative estimate of drug-likeness (QED) is 0.0762. The molecule has 0 spiro atoms. The molecular formula is C38H68N14. The van der Waals surface area contributed by atoms with Crippen molar-refractivity contribution >= 4 is 35.7 Å². The first-order chi connectivity index (χ1) is 24.4. The van der Waals surface area contributed by atoms with Crippen molar-refractivity contribution in [3.05, 3.63) is 25.3 Å². The molecule has 2 aliphatic rings. The van der Waals surface area contributed by atoms with Crippen molar-refractivity contribution in [1.82, 2.24) is 40.5 Å². The van der Waals surface area contributed by atoms with E-state index >= 15 is 0 Å². The van der Waals surface area contributed by atoms with Crippen LogP contribution in [0.4, 0.5) is 35.7 Å². The minimum absolute atomic E-state index is 0.0176. The van der Waals surface area contributed by atoms with Crippen LogP contribution in [0.1, 0.15) is 107 Å². The van der Waals surface area contributed by atoms with E-state index in [1.54, 1.807) is 12.2 Å². The lowest BCUT2D eigenvalue weighted by Crippen LogP contribution is -2.60. The Morgan fingerprint density at radius 1 is 0.558 bits per heavy atom. The summed E-state index contributed by atoms with van der Waals surface area (Å²) in [6, 6.07) is 0.503. The van der Waals surface area contributed by atoms with Crippen LogP contribution in [0.5, 0.6) is 0 Å². The number of rotatable bonds is 19. The zero-order chi connectivity index (χ0) is 38.2. The molecule has 14 heteroatoms. The van der Waals surface area contributed by atoms with Crippen LogP contribution >= 0.6 is 0 Å². The van der Waals surface area contributed by atoms with Crippen LogP contribution in [-0.2, 0) is 0 Å². The topological polar surface area (TPSA) is 156 Å². The Bertz CT molecular complexity index is 1330. The van der Waals surface area contributed by atoms with Crippen LogP contribution in [0.15, 0.2) is 25.3 Å². The molecule has 290 valence electrons. The maximum absolute atomic E-state index is 4.85. The van der Waals surface area contributed by atoms with Crippen molar-refractivity contribution in [1.29, 1.82) is 0 Å². The van der Waals surface area contributed by atoms with Crippen LogP contribution in [-0.4, -0.2) is 104 Å². The van der Waals surface area contributed by atoms with Gasteiger partial charge in [-0.3, -0.25) is 0 Å². The molecule has 4 heterocycles. The van der Waals surface area contributed by atoms with E-state index in [2.05, 4.69) is 124 Å². The average Bonchev–Trinajstić information content (AvgIpc) is 3.00. The summed E-state index contributed by atoms with van der Waals surface area (Å²) in [6.07, 6.45) is 11.8. The van der Waals surface area contributed by atoms with Crippen molar-refractivity contribution in [3.63, 3.8) is 0 Å². The Balaban J connectivity index is 1.30. The van der Waals surface area contributed by atoms with Crippen LogP contribution in [0.25, 0.3) is 0 Å². The molecule has 0 bridgehead atoms. The normalized spacial score (nSPS) is 19.3. The maximum Gasteiger partial charge on any atom is 0.231 e. The minimum atomic E-state index is 0.0176. The highest BCUT2D eigenvalue weighted by molar-refractivity contribution is 5.45. The zero-order valence-corrected chi connectivity index (χ0v) is 33.8. The minimum Gasteiger partial charge on any atom is -0.351 e. The molecule has 0 saturated carbocycles. The third kappa shape index (κ3) is 13.0. The predicted molar refractivity (Wildman–Crippen MR) is 218 cm³/mol. The molecule has 2 saturated heterocycles. The summed E-state index contributed by atoms with van der Waals surface area (Å²) in [7, 11) is 4.11. The number of aromatic nitrogens is 6. The molecule has 52 heavy (non-hydrogen) atoms. The summed E-state index contributed by atoms with van der Waals surface area (Å²) in [4.78, 5) is 32.8. The van der Waals surface area contributed by atoms with E-state index in [0.29, 0.717) is 48.8 Å². The van der Waals surface area contributed by atoms with E-state index in [1.807, 2.05) is 0 Å². The summed E-state index contributed by atoms with van der Waals surface area (Å²) < 4.78 is 0. The Morgan fingerprint density at radius 3 is 1.21 bits per heavy atom. The highest BCUT2D eigenvalue weighted by atomic mass is 15.3. The van der Waals surface area contributed by atoms with E-state index in [1.165, 1.54) is 0 Å². The van der Waals surface area contributed by atoms with Gasteiger partial charge in [-0.1, -0.05) is 25.0 Å². The number of nitrogens with zero attached hydrogens (tertiary/aromatic N) is 8. The maximum atomic E-state index is 4.85. The van der Waals surface area contributed by atoms with Crippen LogP contribution in [0, 0.1) is 0 Å². The molecule has 0 aliphatic carbocycles. The smallest absolute Gasteiger partial charge is 0.231 e. The molecule has 4 rings (SSSR count). The van der Waals surface area contributed by atoms with Gasteiger partial charge in [-0.05, 0) is 93.9 Å². The van der Waals surface area contributed by atoms with Gasteiger partial charge < -0.3 is 41.7 Å². The SMILES string of the molecule is C=CCNc1nc(NC2CC(C)(C)NC(C)(C)C2)nc(N(C)CCCCCCN(C)c2nc(NCC=C)nc(NC3CC(C)(C)NC(C)(C)C3)n2)n1. The lowest BCUT2D eigenvalue weighted by molar-refractivity contribution is 0.170. The van der Waals surface area contributed by atoms with Gasteiger partial charge in [0.15, 0.2) is 0 Å². The lowest BCUT2D eigenvalue weighted by Gasteiger charge is -2.46. The fraction of sp³-hybridized carbons (Fsp3) is 0.737. The summed E-state index contributed by atoms with van der Waals surface area (Å²) in [5, 5.41) is 21.3. The van der Waals surface area contributed by atoms with Gasteiger partial charge in [-0.2, -0.15) is 29.9 Å². The van der Waals surface area contributed by atoms with E-state index in [9.17, 15) is 0 Å². The van der Waals surface area contributed by atoms with Crippen molar-refractivity contribution in [2.24, 2.45) is 0 Å². The van der Waals surface area contributed by atoms with Crippen molar-refractivity contribution in [3.8, 4) is 0 Å². The number of hydrogen-bond acceptors (Lipinski definition) is 14. The molecule has 14 nitrogen and oxygen atoms in total. The van der Waals surface area contributed by atoms with E-state index < -0.39 is 0 Å². The van der Waals surface area contributed by atoms with Crippen molar-refractivity contribution < 1.29 is 0 Å². The first-order valence-electron chi connectivity index (χ1n) is 19.1. The number of anilines is 6. The molecule has 2 aromatic rings. The van der Waals surface area contributed by atoms with Crippen molar-refractivity contribution in [2.75, 3.05) is 71.3 Å². The van der Waals surface area contributed by atoms with Gasteiger partial charge in [0.2, 0.25) is 35.7 Å². The van der Waals surface area contributed by atoms with Gasteiger partial charge in [0.05, 0.1) is 0 Å². The van der Waals surface area contributed by atoms with E-state index in [-0.39, 0.29) is 34.2 Å². The molecule has 0 radical (unpaired) electrons.